The van der Waals surface area contributed by atoms with Crippen molar-refractivity contribution < 1.29 is 17.9 Å². The van der Waals surface area contributed by atoms with Gasteiger partial charge in [0, 0.05) is 10.7 Å². The average molecular weight is 415 g/mol. The molecule has 1 heterocycles. The van der Waals surface area contributed by atoms with Crippen molar-refractivity contribution in [2.75, 3.05) is 10.0 Å². The summed E-state index contributed by atoms with van der Waals surface area (Å²) >= 11 is 5.88. The molecule has 0 saturated carbocycles. The lowest BCUT2D eigenvalue weighted by molar-refractivity contribution is 0.102. The largest absolute Gasteiger partial charge is 0.454 e. The second-order valence-corrected chi connectivity index (χ2v) is 8.45. The van der Waals surface area contributed by atoms with E-state index in [1.807, 2.05) is 19.1 Å². The number of rotatable bonds is 3. The van der Waals surface area contributed by atoms with Crippen molar-refractivity contribution in [1.29, 1.82) is 0 Å². The third kappa shape index (κ3) is 3.54. The molecule has 28 heavy (non-hydrogen) atoms. The van der Waals surface area contributed by atoms with Gasteiger partial charge in [0.2, 0.25) is 0 Å². The molecule has 6 nitrogen and oxygen atoms in total. The number of carbonyl (C=O) groups is 1. The molecule has 1 aliphatic heterocycles. The van der Waals surface area contributed by atoms with E-state index in [9.17, 15) is 13.2 Å². The molecule has 0 bridgehead atoms. The minimum atomic E-state index is -3.86. The fraction of sp³-hybridized carbons (Fsp3) is 0.0500. The number of hydrogen-bond acceptors (Lipinski definition) is 4. The number of amides is 1. The Hall–Kier alpha value is -3.03. The zero-order chi connectivity index (χ0) is 19.9. The molecule has 3 aromatic rings. The van der Waals surface area contributed by atoms with Gasteiger partial charge in [-0.2, -0.15) is 0 Å². The van der Waals surface area contributed by atoms with E-state index in [2.05, 4.69) is 10.0 Å². The van der Waals surface area contributed by atoms with Crippen LogP contribution in [0.5, 0.6) is 11.5 Å². The average Bonchev–Trinajstić information content (AvgIpc) is 2.77. The number of nitrogens with one attached hydrogen (secondary N) is 2. The van der Waals surface area contributed by atoms with Crippen LogP contribution in [0.3, 0.4) is 0 Å². The van der Waals surface area contributed by atoms with Gasteiger partial charge in [0.25, 0.3) is 15.9 Å². The smallest absolute Gasteiger partial charge is 0.261 e. The predicted octanol–water partition coefficient (Wildman–Crippen LogP) is 4.81. The van der Waals surface area contributed by atoms with Crippen LogP contribution in [0.4, 0.5) is 11.4 Å². The van der Waals surface area contributed by atoms with Gasteiger partial charge in [-0.05, 0) is 61.0 Å². The molecule has 3 aromatic carbocycles. The molecule has 0 radical (unpaired) electrons. The molecule has 1 aliphatic rings. The summed E-state index contributed by atoms with van der Waals surface area (Å²) in [6.07, 6.45) is 0. The molecule has 142 valence electrons. The van der Waals surface area contributed by atoms with Crippen molar-refractivity contribution in [1.82, 2.24) is 0 Å². The molecule has 0 unspecified atom stereocenters. The van der Waals surface area contributed by atoms with Crippen LogP contribution in [0, 0.1) is 6.92 Å². The van der Waals surface area contributed by atoms with Crippen molar-refractivity contribution in [3.05, 3.63) is 76.8 Å². The number of anilines is 2. The number of hydrogen-bond donors (Lipinski definition) is 2. The molecular formula is C20H15ClN2O4S. The molecule has 0 aromatic heterocycles. The van der Waals surface area contributed by atoms with Crippen molar-refractivity contribution in [3.63, 3.8) is 0 Å². The number of sulfonamides is 1. The number of carbonyl (C=O) groups excluding carboxylic acids is 1. The molecule has 0 saturated heterocycles. The van der Waals surface area contributed by atoms with E-state index in [-0.39, 0.29) is 22.1 Å². The molecule has 0 aliphatic carbocycles. The third-order valence-corrected chi connectivity index (χ3v) is 5.80. The molecule has 0 atom stereocenters. The van der Waals surface area contributed by atoms with Gasteiger partial charge in [0.1, 0.15) is 5.75 Å². The molecular weight excluding hydrogens is 400 g/mol. The third-order valence-electron chi connectivity index (χ3n) is 4.19. The lowest BCUT2D eigenvalue weighted by atomic mass is 10.1. The second-order valence-electron chi connectivity index (χ2n) is 6.33. The minimum Gasteiger partial charge on any atom is -0.454 e. The van der Waals surface area contributed by atoms with E-state index in [1.165, 1.54) is 24.3 Å². The fourth-order valence-electron chi connectivity index (χ4n) is 2.85. The Balaban J connectivity index is 1.68. The summed E-state index contributed by atoms with van der Waals surface area (Å²) in [5.41, 5.74) is 1.99. The van der Waals surface area contributed by atoms with Crippen LogP contribution in [-0.4, -0.2) is 14.3 Å². The number of fused-ring (bicyclic) bond motifs is 2. The number of ether oxygens (including phenoxy) is 1. The molecule has 8 heteroatoms. The van der Waals surface area contributed by atoms with Crippen molar-refractivity contribution >= 4 is 38.9 Å². The normalized spacial score (nSPS) is 12.9. The van der Waals surface area contributed by atoms with Crippen LogP contribution in [0.15, 0.2) is 65.6 Å². The van der Waals surface area contributed by atoms with Crippen LogP contribution >= 0.6 is 11.6 Å². The standard InChI is InChI=1S/C20H15ClN2O4S/c1-12-5-7-19-17(9-12)22-20(24)16-11-14(6-8-18(16)27-19)23-28(25,26)15-4-2-3-13(21)10-15/h2-11,23H,1H3,(H,22,24). The lowest BCUT2D eigenvalue weighted by Crippen LogP contribution is -2.14. The van der Waals surface area contributed by atoms with Crippen LogP contribution in [0.1, 0.15) is 15.9 Å². The number of halogens is 1. The Morgan fingerprint density at radius 2 is 1.79 bits per heavy atom. The van der Waals surface area contributed by atoms with Gasteiger partial charge in [0.05, 0.1) is 16.1 Å². The van der Waals surface area contributed by atoms with Gasteiger partial charge in [-0.1, -0.05) is 23.7 Å². The summed E-state index contributed by atoms with van der Waals surface area (Å²) in [7, 11) is -3.86. The zero-order valence-electron chi connectivity index (χ0n) is 14.7. The first-order chi connectivity index (χ1) is 13.3. The fourth-order valence-corrected chi connectivity index (χ4v) is 4.20. The highest BCUT2D eigenvalue weighted by Gasteiger charge is 2.22. The monoisotopic (exact) mass is 414 g/mol. The van der Waals surface area contributed by atoms with E-state index in [0.29, 0.717) is 22.2 Å². The minimum absolute atomic E-state index is 0.0264. The van der Waals surface area contributed by atoms with Crippen LogP contribution in [-0.2, 0) is 10.0 Å². The molecule has 4 rings (SSSR count). The highest BCUT2D eigenvalue weighted by atomic mass is 35.5. The van der Waals surface area contributed by atoms with Crippen molar-refractivity contribution in [3.8, 4) is 11.5 Å². The highest BCUT2D eigenvalue weighted by molar-refractivity contribution is 7.92. The lowest BCUT2D eigenvalue weighted by Gasteiger charge is -2.11. The number of aryl methyl sites for hydroxylation is 1. The predicted molar refractivity (Wildman–Crippen MR) is 108 cm³/mol. The first kappa shape index (κ1) is 18.3. The second kappa shape index (κ2) is 6.85. The Kier molecular flexibility index (Phi) is 4.49. The molecule has 1 amide bonds. The summed E-state index contributed by atoms with van der Waals surface area (Å²) in [4.78, 5) is 12.7. The van der Waals surface area contributed by atoms with E-state index in [1.54, 1.807) is 24.3 Å². The Labute approximate surface area is 167 Å². The first-order valence-corrected chi connectivity index (χ1v) is 10.2. The van der Waals surface area contributed by atoms with E-state index < -0.39 is 10.0 Å². The van der Waals surface area contributed by atoms with Crippen molar-refractivity contribution in [2.45, 2.75) is 11.8 Å². The van der Waals surface area contributed by atoms with Crippen LogP contribution < -0.4 is 14.8 Å². The van der Waals surface area contributed by atoms with Gasteiger partial charge >= 0.3 is 0 Å². The van der Waals surface area contributed by atoms with E-state index >= 15 is 0 Å². The van der Waals surface area contributed by atoms with Crippen LogP contribution in [0.25, 0.3) is 0 Å². The van der Waals surface area contributed by atoms with Gasteiger partial charge in [-0.15, -0.1) is 0 Å². The summed E-state index contributed by atoms with van der Waals surface area (Å²) < 4.78 is 33.5. The van der Waals surface area contributed by atoms with Gasteiger partial charge in [-0.25, -0.2) is 8.42 Å². The summed E-state index contributed by atoms with van der Waals surface area (Å²) in [5, 5.41) is 3.10. The maximum Gasteiger partial charge on any atom is 0.261 e. The molecule has 0 spiro atoms. The Morgan fingerprint density at radius 3 is 2.57 bits per heavy atom. The quantitative estimate of drug-likeness (QED) is 0.644. The van der Waals surface area contributed by atoms with E-state index in [4.69, 9.17) is 16.3 Å². The van der Waals surface area contributed by atoms with Gasteiger partial charge < -0.3 is 10.1 Å². The summed E-state index contributed by atoms with van der Waals surface area (Å²) in [6.45, 7) is 1.91. The van der Waals surface area contributed by atoms with Gasteiger partial charge in [-0.3, -0.25) is 9.52 Å². The maximum absolute atomic E-state index is 12.6. The highest BCUT2D eigenvalue weighted by Crippen LogP contribution is 2.37. The topological polar surface area (TPSA) is 84.5 Å². The number of benzene rings is 3. The SMILES string of the molecule is Cc1ccc2c(c1)NC(=O)c1cc(NS(=O)(=O)c3cccc(Cl)c3)ccc1O2. The van der Waals surface area contributed by atoms with Crippen molar-refractivity contribution in [2.24, 2.45) is 0 Å². The molecule has 2 N–H and O–H groups in total. The van der Waals surface area contributed by atoms with Crippen LogP contribution in [0.2, 0.25) is 5.02 Å². The van der Waals surface area contributed by atoms with E-state index in [0.717, 1.165) is 5.56 Å². The maximum atomic E-state index is 12.6. The Morgan fingerprint density at radius 1 is 1.00 bits per heavy atom. The zero-order valence-corrected chi connectivity index (χ0v) is 16.3. The summed E-state index contributed by atoms with van der Waals surface area (Å²) in [6, 6.07) is 15.9. The molecule has 0 fully saturated rings. The first-order valence-electron chi connectivity index (χ1n) is 8.34. The van der Waals surface area contributed by atoms with Gasteiger partial charge in [0.15, 0.2) is 5.75 Å². The summed E-state index contributed by atoms with van der Waals surface area (Å²) in [5.74, 6) is 0.471. The Bertz CT molecular complexity index is 1210.